The lowest BCUT2D eigenvalue weighted by molar-refractivity contribution is -0.0260. The number of phenols is 2. The summed E-state index contributed by atoms with van der Waals surface area (Å²) in [6.45, 7) is 2.41. The predicted molar refractivity (Wildman–Crippen MR) is 172 cm³/mol. The first-order chi connectivity index (χ1) is 21.6. The Labute approximate surface area is 267 Å². The topological polar surface area (TPSA) is 107 Å². The van der Waals surface area contributed by atoms with E-state index >= 15 is 0 Å². The van der Waals surface area contributed by atoms with Crippen LogP contribution in [0.3, 0.4) is 0 Å². The highest BCUT2D eigenvalue weighted by Gasteiger charge is 2.33. The van der Waals surface area contributed by atoms with E-state index in [0.717, 1.165) is 49.0 Å². The average molecular weight is 634 g/mol. The molecule has 1 aliphatic rings. The van der Waals surface area contributed by atoms with Gasteiger partial charge in [0, 0.05) is 42.6 Å². The summed E-state index contributed by atoms with van der Waals surface area (Å²) < 4.78 is 17.9. The molecule has 0 saturated carbocycles. The zero-order chi connectivity index (χ0) is 32.4. The Morgan fingerprint density at radius 1 is 0.889 bits per heavy atom. The maximum absolute atomic E-state index is 12.9. The minimum absolute atomic E-state index is 0.0414. The summed E-state index contributed by atoms with van der Waals surface area (Å²) in [5.74, 6) is -0.0499. The second kappa shape index (κ2) is 15.7. The van der Waals surface area contributed by atoms with Crippen molar-refractivity contribution < 1.29 is 34.0 Å². The molecule has 0 radical (unpaired) electrons. The van der Waals surface area contributed by atoms with E-state index in [1.165, 1.54) is 36.4 Å². The van der Waals surface area contributed by atoms with Crippen molar-refractivity contribution in [1.29, 1.82) is 0 Å². The van der Waals surface area contributed by atoms with E-state index in [0.29, 0.717) is 29.8 Å². The van der Waals surface area contributed by atoms with E-state index in [1.807, 2.05) is 24.3 Å². The maximum atomic E-state index is 12.9. The number of hydrogen-bond donors (Lipinski definition) is 3. The highest BCUT2D eigenvalue weighted by atomic mass is 35.5. The molecule has 0 amide bonds. The minimum atomic E-state index is -0.801. The number of halogens is 2. The number of phenolic OH excluding ortho intramolecular Hbond substituents is 2. The van der Waals surface area contributed by atoms with Crippen molar-refractivity contribution in [1.82, 2.24) is 4.90 Å². The molecule has 0 atom stereocenters. The number of likely N-dealkylation sites (tertiary alicyclic amines) is 1. The molecule has 0 aliphatic carbocycles. The lowest BCUT2D eigenvalue weighted by Gasteiger charge is -2.38. The van der Waals surface area contributed by atoms with E-state index in [-0.39, 0.29) is 40.9 Å². The first-order valence-corrected chi connectivity index (χ1v) is 15.1. The molecule has 1 aliphatic heterocycles. The van der Waals surface area contributed by atoms with Gasteiger partial charge in [-0.05, 0) is 97.6 Å². The standard InChI is InChI=1S/C21H23ClFNO2.C15H14O4/c22-18-7-5-17(6-8-18)21(26)11-14-24(15-12-21)13-1-2-20(25)16-3-9-19(23)10-4-16;1-19-12-5-2-10(3-6-12)8-14(17)13-7-4-11(16)9-15(13)18/h3-10,26H,1-2,11-15H2;2-7,9,16,18H,8H2,1H3. The molecule has 0 unspecified atom stereocenters. The Morgan fingerprint density at radius 2 is 1.53 bits per heavy atom. The fourth-order valence-electron chi connectivity index (χ4n) is 5.22. The average Bonchev–Trinajstić information content (AvgIpc) is 3.03. The van der Waals surface area contributed by atoms with Gasteiger partial charge >= 0.3 is 0 Å². The fraction of sp³-hybridized carbons (Fsp3) is 0.278. The lowest BCUT2D eigenvalue weighted by Crippen LogP contribution is -2.42. The van der Waals surface area contributed by atoms with Gasteiger partial charge in [-0.25, -0.2) is 4.39 Å². The Bertz CT molecular complexity index is 1570. The number of carbonyl (C=O) groups is 2. The molecule has 0 bridgehead atoms. The van der Waals surface area contributed by atoms with Gasteiger partial charge in [0.15, 0.2) is 11.6 Å². The third-order valence-electron chi connectivity index (χ3n) is 7.91. The number of benzene rings is 4. The molecule has 0 aromatic heterocycles. The molecule has 1 heterocycles. The van der Waals surface area contributed by atoms with Gasteiger partial charge in [-0.2, -0.15) is 0 Å². The minimum Gasteiger partial charge on any atom is -0.508 e. The second-order valence-electron chi connectivity index (χ2n) is 11.1. The van der Waals surface area contributed by atoms with Gasteiger partial charge in [-0.1, -0.05) is 35.9 Å². The fourth-order valence-corrected chi connectivity index (χ4v) is 5.34. The Morgan fingerprint density at radius 3 is 2.13 bits per heavy atom. The number of nitrogens with zero attached hydrogens (tertiary/aromatic N) is 1. The van der Waals surface area contributed by atoms with Crippen molar-refractivity contribution in [3.8, 4) is 17.2 Å². The normalized spacial score (nSPS) is 14.2. The zero-order valence-corrected chi connectivity index (χ0v) is 25.8. The molecule has 5 rings (SSSR count). The summed E-state index contributed by atoms with van der Waals surface area (Å²) in [5, 5.41) is 30.4. The molecule has 236 valence electrons. The number of methoxy groups -OCH3 is 1. The first-order valence-electron chi connectivity index (χ1n) is 14.7. The van der Waals surface area contributed by atoms with Crippen LogP contribution in [-0.2, 0) is 12.0 Å². The number of Topliss-reactive ketones (excluding diaryl/α,β-unsaturated/α-hetero) is 2. The number of aromatic hydroxyl groups is 2. The molecule has 4 aromatic rings. The summed E-state index contributed by atoms with van der Waals surface area (Å²) in [5.41, 5.74) is 1.70. The van der Waals surface area contributed by atoms with E-state index in [2.05, 4.69) is 4.90 Å². The summed E-state index contributed by atoms with van der Waals surface area (Å²) in [7, 11) is 1.58. The van der Waals surface area contributed by atoms with E-state index in [4.69, 9.17) is 16.3 Å². The van der Waals surface area contributed by atoms with Crippen LogP contribution in [-0.4, -0.2) is 58.5 Å². The summed E-state index contributed by atoms with van der Waals surface area (Å²) >= 11 is 5.92. The molecule has 4 aromatic carbocycles. The highest BCUT2D eigenvalue weighted by Crippen LogP contribution is 2.33. The largest absolute Gasteiger partial charge is 0.508 e. The number of ketones is 2. The molecule has 1 fully saturated rings. The van der Waals surface area contributed by atoms with Crippen molar-refractivity contribution in [3.63, 3.8) is 0 Å². The summed E-state index contributed by atoms with van der Waals surface area (Å²) in [4.78, 5) is 26.4. The zero-order valence-electron chi connectivity index (χ0n) is 25.1. The van der Waals surface area contributed by atoms with Gasteiger partial charge in [0.1, 0.15) is 23.1 Å². The van der Waals surface area contributed by atoms with Crippen LogP contribution in [0.5, 0.6) is 17.2 Å². The lowest BCUT2D eigenvalue weighted by atomic mass is 9.84. The van der Waals surface area contributed by atoms with Gasteiger partial charge < -0.3 is 25.0 Å². The van der Waals surface area contributed by atoms with E-state index in [9.17, 15) is 29.3 Å². The third-order valence-corrected chi connectivity index (χ3v) is 8.17. The quantitative estimate of drug-likeness (QED) is 0.162. The van der Waals surface area contributed by atoms with E-state index in [1.54, 1.807) is 31.4 Å². The van der Waals surface area contributed by atoms with Crippen molar-refractivity contribution in [2.24, 2.45) is 0 Å². The van der Waals surface area contributed by atoms with Crippen LogP contribution >= 0.6 is 11.6 Å². The molecular formula is C36H37ClFNO6. The number of ether oxygens (including phenoxy) is 1. The van der Waals surface area contributed by atoms with Gasteiger partial charge in [0.2, 0.25) is 0 Å². The Hall–Kier alpha value is -4.24. The SMILES string of the molecule is COc1ccc(CC(=O)c2ccc(O)cc2O)cc1.O=C(CCCN1CCC(O)(c2ccc(Cl)cc2)CC1)c1ccc(F)cc1. The molecular weight excluding hydrogens is 597 g/mol. The van der Waals surface area contributed by atoms with Gasteiger partial charge in [-0.15, -0.1) is 0 Å². The molecule has 9 heteroatoms. The van der Waals surface area contributed by atoms with Crippen LogP contribution in [0.1, 0.15) is 57.5 Å². The Balaban J connectivity index is 0.000000215. The van der Waals surface area contributed by atoms with Crippen molar-refractivity contribution >= 4 is 23.2 Å². The van der Waals surface area contributed by atoms with Crippen LogP contribution in [0.15, 0.2) is 91.0 Å². The first kappa shape index (κ1) is 33.6. The van der Waals surface area contributed by atoms with E-state index < -0.39 is 5.60 Å². The number of hydrogen-bond acceptors (Lipinski definition) is 7. The molecule has 1 saturated heterocycles. The highest BCUT2D eigenvalue weighted by molar-refractivity contribution is 6.30. The summed E-state index contributed by atoms with van der Waals surface area (Å²) in [6.07, 6.45) is 2.72. The van der Waals surface area contributed by atoms with Crippen LogP contribution in [0.2, 0.25) is 5.02 Å². The molecule has 45 heavy (non-hydrogen) atoms. The molecule has 3 N–H and O–H groups in total. The number of carbonyl (C=O) groups excluding carboxylic acids is 2. The predicted octanol–water partition coefficient (Wildman–Crippen LogP) is 6.96. The number of piperidine rings is 1. The van der Waals surface area contributed by atoms with Crippen LogP contribution in [0.25, 0.3) is 0 Å². The Kier molecular flexibility index (Phi) is 11.7. The van der Waals surface area contributed by atoms with Crippen molar-refractivity contribution in [2.45, 2.75) is 37.7 Å². The molecule has 0 spiro atoms. The summed E-state index contributed by atoms with van der Waals surface area (Å²) in [6, 6.07) is 24.2. The van der Waals surface area contributed by atoms with Crippen molar-refractivity contribution in [3.05, 3.63) is 124 Å². The number of aliphatic hydroxyl groups is 1. The second-order valence-corrected chi connectivity index (χ2v) is 11.5. The smallest absolute Gasteiger partial charge is 0.170 e. The van der Waals surface area contributed by atoms with Crippen LogP contribution in [0, 0.1) is 5.82 Å². The molecule has 7 nitrogen and oxygen atoms in total. The van der Waals surface area contributed by atoms with Gasteiger partial charge in [0.25, 0.3) is 0 Å². The van der Waals surface area contributed by atoms with Crippen molar-refractivity contribution in [2.75, 3.05) is 26.7 Å². The van der Waals surface area contributed by atoms with Gasteiger partial charge in [0.05, 0.1) is 18.3 Å². The monoisotopic (exact) mass is 633 g/mol. The van der Waals surface area contributed by atoms with Crippen LogP contribution in [0.4, 0.5) is 4.39 Å². The third kappa shape index (κ3) is 9.62. The number of rotatable bonds is 10. The maximum Gasteiger partial charge on any atom is 0.170 e. The van der Waals surface area contributed by atoms with Crippen LogP contribution < -0.4 is 4.74 Å². The van der Waals surface area contributed by atoms with Gasteiger partial charge in [-0.3, -0.25) is 9.59 Å².